The van der Waals surface area contributed by atoms with Crippen LogP contribution in [0.25, 0.3) is 0 Å². The summed E-state index contributed by atoms with van der Waals surface area (Å²) < 4.78 is 66.7. The summed E-state index contributed by atoms with van der Waals surface area (Å²) in [6.45, 7) is 4.14. The number of aromatic carboxylic acids is 1. The second-order valence-electron chi connectivity index (χ2n) is 13.4. The lowest BCUT2D eigenvalue weighted by molar-refractivity contribution is -0.180. The Bertz CT molecular complexity index is 1470. The third kappa shape index (κ3) is 6.73. The number of benzene rings is 2. The van der Waals surface area contributed by atoms with E-state index in [1.54, 1.807) is 6.07 Å². The molecule has 0 spiro atoms. The Morgan fingerprint density at radius 3 is 2.52 bits per heavy atom. The van der Waals surface area contributed by atoms with Gasteiger partial charge in [-0.15, -0.1) is 0 Å². The van der Waals surface area contributed by atoms with Gasteiger partial charge in [-0.3, -0.25) is 9.69 Å². The summed E-state index contributed by atoms with van der Waals surface area (Å²) in [6.07, 6.45) is 1.99. The Morgan fingerprint density at radius 1 is 1.07 bits per heavy atom. The maximum absolute atomic E-state index is 14.1. The van der Waals surface area contributed by atoms with Crippen molar-refractivity contribution in [3.8, 4) is 5.75 Å². The fourth-order valence-electron chi connectivity index (χ4n) is 7.55. The number of alkyl halides is 3. The molecule has 1 amide bonds. The predicted molar refractivity (Wildman–Crippen MR) is 162 cm³/mol. The van der Waals surface area contributed by atoms with Gasteiger partial charge in [0.15, 0.2) is 6.73 Å². The zero-order valence-electron chi connectivity index (χ0n) is 25.8. The number of hydrogen-bond donors (Lipinski definition) is 1. The zero-order chi connectivity index (χ0) is 32.8. The van der Waals surface area contributed by atoms with E-state index in [0.29, 0.717) is 18.9 Å². The molecule has 2 aromatic carbocycles. The van der Waals surface area contributed by atoms with Gasteiger partial charge in [0.25, 0.3) is 5.91 Å². The minimum atomic E-state index is -4.57. The van der Waals surface area contributed by atoms with Crippen molar-refractivity contribution in [3.63, 3.8) is 0 Å². The summed E-state index contributed by atoms with van der Waals surface area (Å²) in [7, 11) is 0. The summed E-state index contributed by atoms with van der Waals surface area (Å²) in [5.41, 5.74) is -1.12. The number of carbonyl (C=O) groups is 2. The largest absolute Gasteiger partial charge is 0.478 e. The van der Waals surface area contributed by atoms with Crippen LogP contribution in [-0.4, -0.2) is 64.9 Å². The number of carboxylic acid groups (broad SMARTS) is 1. The molecule has 12 heteroatoms. The molecule has 3 aliphatic heterocycles. The third-order valence-electron chi connectivity index (χ3n) is 10.2. The number of nitrogens with zero attached hydrogens (tertiary/aromatic N) is 2. The SMILES string of the molecule is C[C@@H]1CCC(c2ccc(F)c(C(=O)O)c2)CCCN([C@@H]2CC[C@@](C(=O)N3COc4c(Cl)cc(C(F)(F)F)cc4C3)(C3CC3)OC2)C1. The van der Waals surface area contributed by atoms with Crippen LogP contribution >= 0.6 is 11.6 Å². The van der Waals surface area contributed by atoms with Crippen molar-refractivity contribution in [3.05, 3.63) is 63.4 Å². The highest BCUT2D eigenvalue weighted by atomic mass is 35.5. The smallest absolute Gasteiger partial charge is 0.416 e. The van der Waals surface area contributed by atoms with E-state index >= 15 is 0 Å². The highest BCUT2D eigenvalue weighted by molar-refractivity contribution is 6.32. The van der Waals surface area contributed by atoms with Crippen molar-refractivity contribution in [1.29, 1.82) is 0 Å². The van der Waals surface area contributed by atoms with Crippen LogP contribution < -0.4 is 4.74 Å². The van der Waals surface area contributed by atoms with E-state index in [9.17, 15) is 32.3 Å². The van der Waals surface area contributed by atoms with Gasteiger partial charge < -0.3 is 19.5 Å². The van der Waals surface area contributed by atoms with Gasteiger partial charge in [0.2, 0.25) is 0 Å². The second-order valence-corrected chi connectivity index (χ2v) is 13.9. The van der Waals surface area contributed by atoms with E-state index < -0.39 is 29.1 Å². The molecule has 1 unspecified atom stereocenters. The molecule has 2 aromatic rings. The fraction of sp³-hybridized carbons (Fsp3) is 0.588. The number of fused-ring (bicyclic) bond motifs is 1. The van der Waals surface area contributed by atoms with Gasteiger partial charge in [-0.2, -0.15) is 13.2 Å². The van der Waals surface area contributed by atoms with Gasteiger partial charge in [-0.05, 0) is 105 Å². The van der Waals surface area contributed by atoms with Crippen molar-refractivity contribution < 1.29 is 41.7 Å². The van der Waals surface area contributed by atoms with Crippen LogP contribution in [0.1, 0.15) is 91.3 Å². The van der Waals surface area contributed by atoms with Crippen LogP contribution in [0.15, 0.2) is 30.3 Å². The Balaban J connectivity index is 1.11. The monoisotopic (exact) mass is 666 g/mol. The lowest BCUT2D eigenvalue weighted by Gasteiger charge is -2.45. The minimum Gasteiger partial charge on any atom is -0.478 e. The average Bonchev–Trinajstić information content (AvgIpc) is 3.87. The fourth-order valence-corrected chi connectivity index (χ4v) is 7.84. The molecule has 6 rings (SSSR count). The summed E-state index contributed by atoms with van der Waals surface area (Å²) >= 11 is 6.12. The van der Waals surface area contributed by atoms with Crippen molar-refractivity contribution in [2.75, 3.05) is 26.4 Å². The second kappa shape index (κ2) is 13.0. The number of hydrogen-bond acceptors (Lipinski definition) is 5. The van der Waals surface area contributed by atoms with Crippen LogP contribution in [0.4, 0.5) is 17.6 Å². The van der Waals surface area contributed by atoms with E-state index in [4.69, 9.17) is 21.1 Å². The molecule has 1 aliphatic carbocycles. The van der Waals surface area contributed by atoms with Crippen LogP contribution in [-0.2, 0) is 22.3 Å². The predicted octanol–water partition coefficient (Wildman–Crippen LogP) is 7.50. The summed E-state index contributed by atoms with van der Waals surface area (Å²) in [5, 5.41) is 9.27. The molecule has 250 valence electrons. The lowest BCUT2D eigenvalue weighted by atomic mass is 9.85. The molecule has 0 radical (unpaired) electrons. The van der Waals surface area contributed by atoms with Crippen LogP contribution in [0.3, 0.4) is 0 Å². The highest BCUT2D eigenvalue weighted by Crippen LogP contribution is 2.49. The molecule has 4 aliphatic rings. The van der Waals surface area contributed by atoms with Crippen LogP contribution in [0, 0.1) is 17.7 Å². The Morgan fingerprint density at radius 2 is 1.85 bits per heavy atom. The molecule has 46 heavy (non-hydrogen) atoms. The molecule has 4 atom stereocenters. The molecule has 0 bridgehead atoms. The van der Waals surface area contributed by atoms with Crippen molar-refractivity contribution in [2.45, 2.75) is 88.6 Å². The van der Waals surface area contributed by atoms with E-state index in [0.717, 1.165) is 75.7 Å². The molecule has 2 saturated heterocycles. The Hall–Kier alpha value is -2.89. The highest BCUT2D eigenvalue weighted by Gasteiger charge is 2.56. The molecule has 3 heterocycles. The molecule has 0 aromatic heterocycles. The van der Waals surface area contributed by atoms with E-state index in [2.05, 4.69) is 11.8 Å². The number of halogens is 5. The topological polar surface area (TPSA) is 79.3 Å². The number of carbonyl (C=O) groups excluding carboxylic acids is 1. The first-order chi connectivity index (χ1) is 21.9. The summed E-state index contributed by atoms with van der Waals surface area (Å²) in [6, 6.07) is 6.39. The van der Waals surface area contributed by atoms with Gasteiger partial charge >= 0.3 is 12.1 Å². The van der Waals surface area contributed by atoms with Crippen molar-refractivity contribution in [1.82, 2.24) is 9.80 Å². The quantitative estimate of drug-likeness (QED) is 0.333. The zero-order valence-corrected chi connectivity index (χ0v) is 26.5. The first-order valence-electron chi connectivity index (χ1n) is 16.1. The van der Waals surface area contributed by atoms with Gasteiger partial charge in [-0.25, -0.2) is 9.18 Å². The average molecular weight is 667 g/mol. The van der Waals surface area contributed by atoms with Crippen molar-refractivity contribution in [2.24, 2.45) is 11.8 Å². The summed E-state index contributed by atoms with van der Waals surface area (Å²) in [4.78, 5) is 29.5. The minimum absolute atomic E-state index is 0.0358. The number of carboxylic acids is 1. The molecule has 1 N–H and O–H groups in total. The molecular formula is C34H39ClF4N2O5. The number of amides is 1. The molecule has 7 nitrogen and oxygen atoms in total. The van der Waals surface area contributed by atoms with Gasteiger partial charge in [0.1, 0.15) is 17.2 Å². The van der Waals surface area contributed by atoms with Crippen LogP contribution in [0.5, 0.6) is 5.75 Å². The lowest BCUT2D eigenvalue weighted by Crippen LogP contribution is -2.58. The maximum Gasteiger partial charge on any atom is 0.416 e. The first kappa shape index (κ1) is 33.0. The van der Waals surface area contributed by atoms with E-state index in [1.807, 2.05) is 0 Å². The Labute approximate surface area is 270 Å². The molecule has 1 saturated carbocycles. The standard InChI is InChI=1S/C34H39ClF4N2O5/c1-20-4-5-21(22-6-9-29(36)27(14-22)31(42)43)3-2-12-40(16-20)26-10-11-33(46-18-26,24-7-8-24)32(44)41-17-23-13-25(34(37,38)39)15-28(35)30(23)45-19-41/h6,9,13-15,20-21,24,26H,2-5,7-8,10-12,16-19H2,1H3,(H,42,43)/t20-,21?,26-,33+/m1/s1. The number of rotatable bonds is 5. The van der Waals surface area contributed by atoms with Gasteiger partial charge in [-0.1, -0.05) is 24.6 Å². The van der Waals surface area contributed by atoms with Crippen molar-refractivity contribution >= 4 is 23.5 Å². The normalized spacial score (nSPS) is 28.0. The third-order valence-corrected chi connectivity index (χ3v) is 10.5. The van der Waals surface area contributed by atoms with E-state index in [1.165, 1.54) is 17.0 Å². The Kier molecular flexibility index (Phi) is 9.30. The molecular weight excluding hydrogens is 628 g/mol. The van der Waals surface area contributed by atoms with Gasteiger partial charge in [0.05, 0.1) is 29.3 Å². The first-order valence-corrected chi connectivity index (χ1v) is 16.5. The molecule has 3 fully saturated rings. The summed E-state index contributed by atoms with van der Waals surface area (Å²) in [5.74, 6) is -1.48. The van der Waals surface area contributed by atoms with Crippen LogP contribution in [0.2, 0.25) is 5.02 Å². The maximum atomic E-state index is 14.1. The van der Waals surface area contributed by atoms with E-state index in [-0.39, 0.29) is 59.0 Å². The van der Waals surface area contributed by atoms with Gasteiger partial charge in [0, 0.05) is 18.2 Å². The number of ether oxygens (including phenoxy) is 2.